The number of aromatic nitrogens is 1. The molecule has 0 saturated carbocycles. The average molecular weight is 264 g/mol. The van der Waals surface area contributed by atoms with Gasteiger partial charge >= 0.3 is 0 Å². The summed E-state index contributed by atoms with van der Waals surface area (Å²) in [4.78, 5) is 4.06. The van der Waals surface area contributed by atoms with E-state index in [2.05, 4.69) is 4.98 Å². The number of halogens is 1. The highest BCUT2D eigenvalue weighted by Crippen LogP contribution is 2.25. The molecule has 4 heteroatoms. The smallest absolute Gasteiger partial charge is 0.137 e. The molecule has 1 N–H and O–H groups in total. The Morgan fingerprint density at radius 3 is 2.61 bits per heavy atom. The normalized spacial score (nSPS) is 12.2. The van der Waals surface area contributed by atoms with Crippen LogP contribution in [0.25, 0.3) is 0 Å². The quantitative estimate of drug-likeness (QED) is 0.921. The molecule has 1 aromatic heterocycles. The molecule has 3 nitrogen and oxygen atoms in total. The van der Waals surface area contributed by atoms with Gasteiger partial charge in [0.1, 0.15) is 11.9 Å². The van der Waals surface area contributed by atoms with Crippen LogP contribution in [-0.2, 0) is 0 Å². The van der Waals surface area contributed by atoms with Gasteiger partial charge in [-0.15, -0.1) is 0 Å². The standard InChI is InChI=1S/C14H14ClNO2/c1-2-18-13-7-11(8-16-9-13)14(17)10-3-5-12(15)6-4-10/h3-9,14,17H,2H2,1H3. The summed E-state index contributed by atoms with van der Waals surface area (Å²) in [6.07, 6.45) is 2.53. The van der Waals surface area contributed by atoms with Gasteiger partial charge in [-0.3, -0.25) is 4.98 Å². The Hall–Kier alpha value is -1.58. The molecule has 2 rings (SSSR count). The first-order valence-electron chi connectivity index (χ1n) is 5.72. The molecular weight excluding hydrogens is 250 g/mol. The summed E-state index contributed by atoms with van der Waals surface area (Å²) >= 11 is 5.81. The van der Waals surface area contributed by atoms with Crippen molar-refractivity contribution in [2.24, 2.45) is 0 Å². The van der Waals surface area contributed by atoms with Gasteiger partial charge in [-0.25, -0.2) is 0 Å². The molecule has 1 atom stereocenters. The Balaban J connectivity index is 2.24. The van der Waals surface area contributed by atoms with Crippen LogP contribution in [0.15, 0.2) is 42.7 Å². The summed E-state index contributed by atoms with van der Waals surface area (Å²) in [5.74, 6) is 0.656. The third-order valence-corrected chi connectivity index (χ3v) is 2.80. The molecule has 0 radical (unpaired) electrons. The molecule has 0 bridgehead atoms. The summed E-state index contributed by atoms with van der Waals surface area (Å²) in [5.41, 5.74) is 1.47. The fraction of sp³-hybridized carbons (Fsp3) is 0.214. The number of ether oxygens (including phenoxy) is 1. The Morgan fingerprint density at radius 1 is 1.22 bits per heavy atom. The lowest BCUT2D eigenvalue weighted by molar-refractivity contribution is 0.219. The second-order valence-corrected chi connectivity index (χ2v) is 4.28. The van der Waals surface area contributed by atoms with Crippen molar-refractivity contribution in [1.82, 2.24) is 4.98 Å². The molecule has 0 aliphatic carbocycles. The van der Waals surface area contributed by atoms with Gasteiger partial charge in [0.25, 0.3) is 0 Å². The Bertz CT molecular complexity index is 513. The number of pyridine rings is 1. The van der Waals surface area contributed by atoms with Crippen LogP contribution >= 0.6 is 11.6 Å². The number of rotatable bonds is 4. The van der Waals surface area contributed by atoms with Crippen LogP contribution in [0.5, 0.6) is 5.75 Å². The van der Waals surface area contributed by atoms with Crippen molar-refractivity contribution < 1.29 is 9.84 Å². The van der Waals surface area contributed by atoms with E-state index in [0.29, 0.717) is 22.9 Å². The van der Waals surface area contributed by atoms with Gasteiger partial charge in [-0.05, 0) is 30.7 Å². The van der Waals surface area contributed by atoms with Crippen LogP contribution in [0.1, 0.15) is 24.2 Å². The van der Waals surface area contributed by atoms with Crippen molar-refractivity contribution in [2.75, 3.05) is 6.61 Å². The topological polar surface area (TPSA) is 42.4 Å². The zero-order chi connectivity index (χ0) is 13.0. The second kappa shape index (κ2) is 5.85. The van der Waals surface area contributed by atoms with Crippen molar-refractivity contribution in [3.8, 4) is 5.75 Å². The second-order valence-electron chi connectivity index (χ2n) is 3.84. The molecule has 0 spiro atoms. The van der Waals surface area contributed by atoms with Gasteiger partial charge < -0.3 is 9.84 Å². The summed E-state index contributed by atoms with van der Waals surface area (Å²) < 4.78 is 5.36. The first-order chi connectivity index (χ1) is 8.70. The van der Waals surface area contributed by atoms with E-state index >= 15 is 0 Å². The van der Waals surface area contributed by atoms with Crippen molar-refractivity contribution in [1.29, 1.82) is 0 Å². The minimum absolute atomic E-state index is 0.572. The molecule has 94 valence electrons. The SMILES string of the molecule is CCOc1cncc(C(O)c2ccc(Cl)cc2)c1. The van der Waals surface area contributed by atoms with Crippen molar-refractivity contribution in [3.63, 3.8) is 0 Å². The lowest BCUT2D eigenvalue weighted by Crippen LogP contribution is -2.01. The van der Waals surface area contributed by atoms with Gasteiger partial charge in [0.15, 0.2) is 0 Å². The van der Waals surface area contributed by atoms with Crippen LogP contribution in [-0.4, -0.2) is 16.7 Å². The van der Waals surface area contributed by atoms with E-state index in [1.165, 1.54) is 0 Å². The largest absolute Gasteiger partial charge is 0.492 e. The number of aliphatic hydroxyl groups is 1. The third kappa shape index (κ3) is 3.00. The van der Waals surface area contributed by atoms with E-state index in [4.69, 9.17) is 16.3 Å². The summed E-state index contributed by atoms with van der Waals surface area (Å²) in [7, 11) is 0. The number of hydrogen-bond donors (Lipinski definition) is 1. The van der Waals surface area contributed by atoms with Crippen LogP contribution in [0.3, 0.4) is 0 Å². The lowest BCUT2D eigenvalue weighted by Gasteiger charge is -2.12. The van der Waals surface area contributed by atoms with Gasteiger partial charge in [-0.2, -0.15) is 0 Å². The molecule has 0 fully saturated rings. The molecule has 0 saturated heterocycles. The predicted molar refractivity (Wildman–Crippen MR) is 70.9 cm³/mol. The van der Waals surface area contributed by atoms with E-state index in [0.717, 1.165) is 5.56 Å². The molecule has 0 aliphatic heterocycles. The molecule has 0 amide bonds. The minimum Gasteiger partial charge on any atom is -0.492 e. The zero-order valence-electron chi connectivity index (χ0n) is 10.0. The summed E-state index contributed by atoms with van der Waals surface area (Å²) in [6.45, 7) is 2.48. The number of aliphatic hydroxyl groups excluding tert-OH is 1. The van der Waals surface area contributed by atoms with Crippen molar-refractivity contribution in [2.45, 2.75) is 13.0 Å². The summed E-state index contributed by atoms with van der Waals surface area (Å²) in [5, 5.41) is 10.9. The highest BCUT2D eigenvalue weighted by atomic mass is 35.5. The molecular formula is C14H14ClNO2. The number of nitrogens with zero attached hydrogens (tertiary/aromatic N) is 1. The molecule has 1 aromatic carbocycles. The Labute approximate surface area is 111 Å². The van der Waals surface area contributed by atoms with Crippen LogP contribution in [0.2, 0.25) is 5.02 Å². The highest BCUT2D eigenvalue weighted by molar-refractivity contribution is 6.30. The van der Waals surface area contributed by atoms with Gasteiger partial charge in [0, 0.05) is 16.8 Å². The Morgan fingerprint density at radius 2 is 1.94 bits per heavy atom. The van der Waals surface area contributed by atoms with E-state index < -0.39 is 6.10 Å². The van der Waals surface area contributed by atoms with Crippen LogP contribution in [0, 0.1) is 0 Å². The number of benzene rings is 1. The average Bonchev–Trinajstić information content (AvgIpc) is 2.39. The van der Waals surface area contributed by atoms with E-state index in [1.807, 2.05) is 6.92 Å². The predicted octanol–water partition coefficient (Wildman–Crippen LogP) is 3.22. The maximum Gasteiger partial charge on any atom is 0.137 e. The monoisotopic (exact) mass is 263 g/mol. The third-order valence-electron chi connectivity index (χ3n) is 2.55. The van der Waals surface area contributed by atoms with Crippen LogP contribution < -0.4 is 4.74 Å². The van der Waals surface area contributed by atoms with Gasteiger partial charge in [-0.1, -0.05) is 23.7 Å². The summed E-state index contributed by atoms with van der Waals surface area (Å²) in [6, 6.07) is 8.87. The molecule has 1 unspecified atom stereocenters. The first-order valence-corrected chi connectivity index (χ1v) is 6.09. The Kier molecular flexibility index (Phi) is 4.18. The fourth-order valence-electron chi connectivity index (χ4n) is 1.67. The number of hydrogen-bond acceptors (Lipinski definition) is 3. The lowest BCUT2D eigenvalue weighted by atomic mass is 10.0. The molecule has 1 heterocycles. The van der Waals surface area contributed by atoms with Crippen molar-refractivity contribution in [3.05, 3.63) is 58.9 Å². The fourth-order valence-corrected chi connectivity index (χ4v) is 1.79. The van der Waals surface area contributed by atoms with E-state index in [9.17, 15) is 5.11 Å². The highest BCUT2D eigenvalue weighted by Gasteiger charge is 2.11. The maximum atomic E-state index is 10.2. The first kappa shape index (κ1) is 12.9. The van der Waals surface area contributed by atoms with Crippen molar-refractivity contribution >= 4 is 11.6 Å². The van der Waals surface area contributed by atoms with E-state index in [1.54, 1.807) is 42.7 Å². The molecule has 18 heavy (non-hydrogen) atoms. The van der Waals surface area contributed by atoms with Gasteiger partial charge in [0.05, 0.1) is 12.8 Å². The minimum atomic E-state index is -0.727. The maximum absolute atomic E-state index is 10.2. The van der Waals surface area contributed by atoms with Gasteiger partial charge in [0.2, 0.25) is 0 Å². The molecule has 2 aromatic rings. The van der Waals surface area contributed by atoms with E-state index in [-0.39, 0.29) is 0 Å². The van der Waals surface area contributed by atoms with Crippen LogP contribution in [0.4, 0.5) is 0 Å². The zero-order valence-corrected chi connectivity index (χ0v) is 10.8. The molecule has 0 aliphatic rings.